The average Bonchev–Trinajstić information content (AvgIpc) is 3.11. The van der Waals surface area contributed by atoms with E-state index in [0.717, 1.165) is 44.5 Å². The Balaban J connectivity index is 2.13. The van der Waals surface area contributed by atoms with Crippen LogP contribution in [0.5, 0.6) is 0 Å². The fourth-order valence-corrected chi connectivity index (χ4v) is 3.59. The first-order chi connectivity index (χ1) is 13.0. The van der Waals surface area contributed by atoms with Crippen molar-refractivity contribution in [3.8, 4) is 0 Å². The van der Waals surface area contributed by atoms with E-state index in [9.17, 15) is 5.11 Å². The molecule has 0 aliphatic heterocycles. The molecule has 0 amide bonds. The Labute approximate surface area is 164 Å². The van der Waals surface area contributed by atoms with Gasteiger partial charge in [-0.15, -0.1) is 0 Å². The normalized spacial score (nSPS) is 12.1. The second kappa shape index (κ2) is 10.6. The number of rotatable bonds is 12. The zero-order valence-electron chi connectivity index (χ0n) is 17.3. The molecule has 2 rings (SSSR count). The molecule has 1 aromatic carbocycles. The molecular weight excluding hydrogens is 338 g/mol. The van der Waals surface area contributed by atoms with Crippen molar-refractivity contribution in [2.24, 2.45) is 0 Å². The van der Waals surface area contributed by atoms with Crippen LogP contribution in [0, 0.1) is 6.92 Å². The van der Waals surface area contributed by atoms with Crippen LogP contribution in [-0.4, -0.2) is 30.3 Å². The van der Waals surface area contributed by atoms with Crippen LogP contribution in [0.25, 0.3) is 0 Å². The minimum Gasteiger partial charge on any atom is -0.462 e. The van der Waals surface area contributed by atoms with Gasteiger partial charge in [0.05, 0.1) is 13.2 Å². The summed E-state index contributed by atoms with van der Waals surface area (Å²) in [6.45, 7) is 9.39. The first-order valence-corrected chi connectivity index (χ1v) is 10.1. The number of furan rings is 1. The van der Waals surface area contributed by atoms with Gasteiger partial charge in [-0.1, -0.05) is 51.0 Å². The second-order valence-electron chi connectivity index (χ2n) is 7.43. The maximum Gasteiger partial charge on any atom is 0.135 e. The van der Waals surface area contributed by atoms with Crippen molar-refractivity contribution < 1.29 is 14.3 Å². The number of aryl methyl sites for hydroxylation is 1. The Morgan fingerprint density at radius 2 is 1.74 bits per heavy atom. The lowest BCUT2D eigenvalue weighted by atomic mass is 9.90. The maximum atomic E-state index is 11.0. The van der Waals surface area contributed by atoms with Crippen LogP contribution < -0.4 is 0 Å². The molecule has 0 fully saturated rings. The number of hydrogen-bond donors (Lipinski definition) is 1. The van der Waals surface area contributed by atoms with Crippen molar-refractivity contribution in [3.05, 3.63) is 59.0 Å². The molecule has 0 saturated carbocycles. The van der Waals surface area contributed by atoms with Crippen molar-refractivity contribution in [1.29, 1.82) is 0 Å². The number of aliphatic hydroxyl groups is 1. The predicted octanol–water partition coefficient (Wildman–Crippen LogP) is 5.02. The van der Waals surface area contributed by atoms with Gasteiger partial charge in [0.2, 0.25) is 0 Å². The summed E-state index contributed by atoms with van der Waals surface area (Å²) in [5.74, 6) is 1.59. The Morgan fingerprint density at radius 1 is 1.04 bits per heavy atom. The largest absolute Gasteiger partial charge is 0.462 e. The van der Waals surface area contributed by atoms with Crippen LogP contribution in [-0.2, 0) is 23.4 Å². The molecule has 1 heterocycles. The third-order valence-corrected chi connectivity index (χ3v) is 5.09. The monoisotopic (exact) mass is 373 g/mol. The van der Waals surface area contributed by atoms with Gasteiger partial charge in [0, 0.05) is 20.2 Å². The summed E-state index contributed by atoms with van der Waals surface area (Å²) in [6.07, 6.45) is 3.31. The fourth-order valence-electron chi connectivity index (χ4n) is 3.59. The summed E-state index contributed by atoms with van der Waals surface area (Å²) in [5.41, 5.74) is 1.75. The number of methoxy groups -OCH3 is 1. The Hall–Kier alpha value is -1.62. The molecule has 4 nitrogen and oxygen atoms in total. The Kier molecular flexibility index (Phi) is 8.55. The highest BCUT2D eigenvalue weighted by molar-refractivity contribution is 5.25. The van der Waals surface area contributed by atoms with Crippen LogP contribution in [0.2, 0.25) is 0 Å². The van der Waals surface area contributed by atoms with E-state index in [4.69, 9.17) is 9.15 Å². The molecular formula is C23H35NO3. The standard InChI is InChI=1S/C23H35NO3/c1-5-13-23(25,14-6-2)22-12-11-21(27-22)18-24(15-16-26-4)17-20-10-8-7-9-19(20)3/h7-12,25H,5-6,13-18H2,1-4H3. The van der Waals surface area contributed by atoms with E-state index in [1.165, 1.54) is 11.1 Å². The molecule has 4 heteroatoms. The molecule has 0 radical (unpaired) electrons. The van der Waals surface area contributed by atoms with Crippen molar-refractivity contribution >= 4 is 0 Å². The summed E-state index contributed by atoms with van der Waals surface area (Å²) in [4.78, 5) is 2.33. The van der Waals surface area contributed by atoms with Gasteiger partial charge in [-0.05, 0) is 43.0 Å². The molecule has 0 aliphatic rings. The number of nitrogens with zero attached hydrogens (tertiary/aromatic N) is 1. The van der Waals surface area contributed by atoms with E-state index in [0.29, 0.717) is 18.9 Å². The van der Waals surface area contributed by atoms with Gasteiger partial charge in [-0.25, -0.2) is 0 Å². The average molecular weight is 374 g/mol. The molecule has 2 aromatic rings. The zero-order chi connectivity index (χ0) is 19.7. The van der Waals surface area contributed by atoms with Gasteiger partial charge in [-0.3, -0.25) is 4.90 Å². The van der Waals surface area contributed by atoms with E-state index < -0.39 is 5.60 Å². The van der Waals surface area contributed by atoms with Gasteiger partial charge in [0.25, 0.3) is 0 Å². The number of ether oxygens (including phenoxy) is 1. The van der Waals surface area contributed by atoms with E-state index in [-0.39, 0.29) is 0 Å². The highest BCUT2D eigenvalue weighted by Gasteiger charge is 2.31. The van der Waals surface area contributed by atoms with Gasteiger partial charge in [0.15, 0.2) is 0 Å². The predicted molar refractivity (Wildman–Crippen MR) is 110 cm³/mol. The molecule has 0 unspecified atom stereocenters. The quantitative estimate of drug-likeness (QED) is 0.567. The smallest absolute Gasteiger partial charge is 0.135 e. The fraction of sp³-hybridized carbons (Fsp3) is 0.565. The van der Waals surface area contributed by atoms with E-state index in [2.05, 4.69) is 49.9 Å². The molecule has 0 spiro atoms. The molecule has 0 aliphatic carbocycles. The van der Waals surface area contributed by atoms with Gasteiger partial charge in [0.1, 0.15) is 17.1 Å². The molecule has 1 N–H and O–H groups in total. The first kappa shape index (κ1) is 21.7. The summed E-state index contributed by atoms with van der Waals surface area (Å²) in [5, 5.41) is 11.0. The van der Waals surface area contributed by atoms with E-state index in [1.807, 2.05) is 12.1 Å². The van der Waals surface area contributed by atoms with Gasteiger partial charge in [-0.2, -0.15) is 0 Å². The van der Waals surface area contributed by atoms with Crippen molar-refractivity contribution in [1.82, 2.24) is 4.90 Å². The summed E-state index contributed by atoms with van der Waals surface area (Å²) in [6, 6.07) is 12.4. The summed E-state index contributed by atoms with van der Waals surface area (Å²) in [7, 11) is 1.73. The number of benzene rings is 1. The van der Waals surface area contributed by atoms with E-state index in [1.54, 1.807) is 7.11 Å². The summed E-state index contributed by atoms with van der Waals surface area (Å²) < 4.78 is 11.4. The topological polar surface area (TPSA) is 45.8 Å². The minimum atomic E-state index is -0.852. The lowest BCUT2D eigenvalue weighted by Crippen LogP contribution is -2.27. The maximum absolute atomic E-state index is 11.0. The van der Waals surface area contributed by atoms with Crippen LogP contribution in [0.15, 0.2) is 40.8 Å². The zero-order valence-corrected chi connectivity index (χ0v) is 17.3. The van der Waals surface area contributed by atoms with Crippen molar-refractivity contribution in [3.63, 3.8) is 0 Å². The lowest BCUT2D eigenvalue weighted by molar-refractivity contribution is -0.00533. The van der Waals surface area contributed by atoms with Crippen LogP contribution >= 0.6 is 0 Å². The molecule has 150 valence electrons. The highest BCUT2D eigenvalue weighted by atomic mass is 16.5. The van der Waals surface area contributed by atoms with Crippen LogP contribution in [0.1, 0.15) is 62.2 Å². The molecule has 1 aromatic heterocycles. The first-order valence-electron chi connectivity index (χ1n) is 10.1. The SMILES string of the molecule is CCCC(O)(CCC)c1ccc(CN(CCOC)Cc2ccccc2C)o1. The summed E-state index contributed by atoms with van der Waals surface area (Å²) >= 11 is 0. The molecule has 0 atom stereocenters. The van der Waals surface area contributed by atoms with Crippen LogP contribution in [0.4, 0.5) is 0 Å². The molecule has 0 saturated heterocycles. The lowest BCUT2D eigenvalue weighted by Gasteiger charge is -2.25. The van der Waals surface area contributed by atoms with Crippen molar-refractivity contribution in [2.45, 2.75) is 65.1 Å². The second-order valence-corrected chi connectivity index (χ2v) is 7.43. The highest BCUT2D eigenvalue weighted by Crippen LogP contribution is 2.33. The third kappa shape index (κ3) is 6.20. The van der Waals surface area contributed by atoms with Crippen LogP contribution in [0.3, 0.4) is 0 Å². The van der Waals surface area contributed by atoms with E-state index >= 15 is 0 Å². The Morgan fingerprint density at radius 3 is 2.37 bits per heavy atom. The minimum absolute atomic E-state index is 0.676. The molecule has 27 heavy (non-hydrogen) atoms. The van der Waals surface area contributed by atoms with Gasteiger partial charge < -0.3 is 14.3 Å². The molecule has 0 bridgehead atoms. The Bertz CT molecular complexity index is 674. The van der Waals surface area contributed by atoms with Gasteiger partial charge >= 0.3 is 0 Å². The number of hydrogen-bond acceptors (Lipinski definition) is 4. The van der Waals surface area contributed by atoms with Crippen molar-refractivity contribution in [2.75, 3.05) is 20.3 Å². The third-order valence-electron chi connectivity index (χ3n) is 5.09.